The summed E-state index contributed by atoms with van der Waals surface area (Å²) in [6.07, 6.45) is 22.7. The smallest absolute Gasteiger partial charge is 0.249 e. The van der Waals surface area contributed by atoms with Crippen molar-refractivity contribution in [3.05, 3.63) is 78.5 Å². The van der Waals surface area contributed by atoms with Gasteiger partial charge in [-0.25, -0.2) is 14.5 Å². The first kappa shape index (κ1) is 41.8. The molecule has 1 unspecified atom stereocenters. The number of nitrogens with zero attached hydrogens (tertiary/aromatic N) is 9. The molecule has 2 saturated carbocycles. The lowest BCUT2D eigenvalue weighted by Crippen LogP contribution is -2.52. The third-order valence-corrected chi connectivity index (χ3v) is 15.2. The molecule has 5 aromatic rings. The summed E-state index contributed by atoms with van der Waals surface area (Å²) in [6.45, 7) is 5.87. The molecule has 10 rings (SSSR count). The lowest BCUT2D eigenvalue weighted by molar-refractivity contribution is -0.134. The quantitative estimate of drug-likeness (QED) is 0.119. The molecule has 5 aliphatic rings. The van der Waals surface area contributed by atoms with Gasteiger partial charge in [-0.05, 0) is 132 Å². The fourth-order valence-corrected chi connectivity index (χ4v) is 10.8. The van der Waals surface area contributed by atoms with E-state index >= 15 is 0 Å². The van der Waals surface area contributed by atoms with E-state index in [1.165, 1.54) is 12.0 Å². The second-order valence-electron chi connectivity index (χ2n) is 18.8. The summed E-state index contributed by atoms with van der Waals surface area (Å²) in [5.41, 5.74) is 6.13. The average Bonchev–Trinajstić information content (AvgIpc) is 4.00. The number of aromatic nitrogens is 6. The zero-order valence-corrected chi connectivity index (χ0v) is 36.7. The molecule has 332 valence electrons. The van der Waals surface area contributed by atoms with Gasteiger partial charge in [-0.3, -0.25) is 24.4 Å². The van der Waals surface area contributed by atoms with Crippen molar-refractivity contribution in [2.75, 3.05) is 36.4 Å². The standard InChI is InChI=1S/C49H58N12O3/c1-2-49(48(64)55-37-4-3-5-37)20-24-59(25-21-49)43-16-8-34(27-51-43)45-46-35(26-50)28-53-61(46)31-42(56-45)36-29-52-60(30-36)40-13-11-39(12-14-40)58-22-18-33(19-23-58)32-6-9-38(10-7-32)54-41-15-17-44(62)57-47(41)63/h6-10,16,27-31,33,37,39-41,54H,2-5,11-15,17-25H2,1H3,(H,55,64)(H,57,62,63)/t39-,40+,41?. The maximum atomic E-state index is 13.3. The van der Waals surface area contributed by atoms with Gasteiger partial charge in [0, 0.05) is 60.8 Å². The van der Waals surface area contributed by atoms with Gasteiger partial charge in [0.15, 0.2) is 0 Å². The number of amides is 3. The number of anilines is 2. The summed E-state index contributed by atoms with van der Waals surface area (Å²) < 4.78 is 3.86. The maximum absolute atomic E-state index is 13.3. The van der Waals surface area contributed by atoms with E-state index < -0.39 is 0 Å². The Hall–Kier alpha value is -6.14. The minimum Gasteiger partial charge on any atom is -0.374 e. The van der Waals surface area contributed by atoms with Crippen molar-refractivity contribution >= 4 is 34.7 Å². The fraction of sp³-hybridized carbons (Fsp3) is 0.510. The first-order valence-corrected chi connectivity index (χ1v) is 23.6. The van der Waals surface area contributed by atoms with Crippen molar-refractivity contribution in [1.82, 2.24) is 44.9 Å². The van der Waals surface area contributed by atoms with Gasteiger partial charge in [0.05, 0.1) is 41.4 Å². The average molecular weight is 863 g/mol. The number of carbonyl (C=O) groups is 3. The van der Waals surface area contributed by atoms with Crippen LogP contribution in [0.3, 0.4) is 0 Å². The third-order valence-electron chi connectivity index (χ3n) is 15.2. The lowest BCUT2D eigenvalue weighted by Gasteiger charge is -2.42. The van der Waals surface area contributed by atoms with Crippen LogP contribution in [0.4, 0.5) is 11.5 Å². The SMILES string of the molecule is CCC1(C(=O)NC2CCC2)CCN(c2ccc(-c3nc(-c4cnn([C@H]5CC[C@@H](N6CCC(c7ccc(NC8CCC(=O)NC8=O)cc7)CC6)CC5)c4)cn4ncc(C#N)c34)cn2)CC1. The Labute approximate surface area is 374 Å². The molecule has 4 aromatic heterocycles. The van der Waals surface area contributed by atoms with Crippen molar-refractivity contribution in [3.63, 3.8) is 0 Å². The molecule has 3 aliphatic heterocycles. The molecule has 15 heteroatoms. The first-order valence-electron chi connectivity index (χ1n) is 23.6. The van der Waals surface area contributed by atoms with E-state index in [4.69, 9.17) is 15.1 Å². The number of benzene rings is 1. The molecule has 3 N–H and O–H groups in total. The number of likely N-dealkylation sites (tertiary alicyclic amines) is 1. The molecule has 7 heterocycles. The van der Waals surface area contributed by atoms with Crippen LogP contribution in [0, 0.1) is 16.7 Å². The number of fused-ring (bicyclic) bond motifs is 1. The van der Waals surface area contributed by atoms with Gasteiger partial charge in [0.1, 0.15) is 29.0 Å². The van der Waals surface area contributed by atoms with Gasteiger partial charge >= 0.3 is 0 Å². The second-order valence-corrected chi connectivity index (χ2v) is 18.8. The Morgan fingerprint density at radius 3 is 2.30 bits per heavy atom. The molecule has 0 bridgehead atoms. The van der Waals surface area contributed by atoms with Crippen molar-refractivity contribution < 1.29 is 14.4 Å². The van der Waals surface area contributed by atoms with Gasteiger partial charge in [0.25, 0.3) is 0 Å². The minimum atomic E-state index is -0.374. The molecule has 3 saturated heterocycles. The van der Waals surface area contributed by atoms with Crippen LogP contribution in [-0.4, -0.2) is 96.3 Å². The van der Waals surface area contributed by atoms with E-state index in [0.717, 1.165) is 125 Å². The van der Waals surface area contributed by atoms with E-state index in [1.54, 1.807) is 10.7 Å². The van der Waals surface area contributed by atoms with Crippen molar-refractivity contribution in [3.8, 4) is 28.6 Å². The molecule has 0 radical (unpaired) electrons. The number of imide groups is 1. The highest BCUT2D eigenvalue weighted by Gasteiger charge is 2.41. The number of piperidine rings is 3. The number of hydrogen-bond acceptors (Lipinski definition) is 11. The van der Waals surface area contributed by atoms with Gasteiger partial charge in [-0.2, -0.15) is 15.5 Å². The normalized spacial score (nSPS) is 23.3. The summed E-state index contributed by atoms with van der Waals surface area (Å²) in [7, 11) is 0. The van der Waals surface area contributed by atoms with E-state index in [9.17, 15) is 19.6 Å². The second kappa shape index (κ2) is 17.8. The number of rotatable bonds is 11. The van der Waals surface area contributed by atoms with Gasteiger partial charge in [-0.15, -0.1) is 0 Å². The summed E-state index contributed by atoms with van der Waals surface area (Å²) in [5.74, 6) is 1.17. The molecule has 15 nitrogen and oxygen atoms in total. The molecule has 5 fully saturated rings. The molecule has 1 aromatic carbocycles. The van der Waals surface area contributed by atoms with E-state index in [0.29, 0.717) is 53.7 Å². The predicted octanol–water partition coefficient (Wildman–Crippen LogP) is 6.77. The van der Waals surface area contributed by atoms with Crippen LogP contribution in [0.1, 0.15) is 120 Å². The van der Waals surface area contributed by atoms with Crippen LogP contribution in [-0.2, 0) is 14.4 Å². The van der Waals surface area contributed by atoms with Crippen LogP contribution in [0.5, 0.6) is 0 Å². The number of carbonyl (C=O) groups excluding carboxylic acids is 3. The largest absolute Gasteiger partial charge is 0.374 e. The molecule has 3 amide bonds. The van der Waals surface area contributed by atoms with Crippen LogP contribution >= 0.6 is 0 Å². The Morgan fingerprint density at radius 2 is 1.62 bits per heavy atom. The first-order chi connectivity index (χ1) is 31.3. The Balaban J connectivity index is 0.752. The highest BCUT2D eigenvalue weighted by Crippen LogP contribution is 2.39. The highest BCUT2D eigenvalue weighted by molar-refractivity contribution is 6.01. The third kappa shape index (κ3) is 8.35. The molecule has 2 aliphatic carbocycles. The highest BCUT2D eigenvalue weighted by atomic mass is 16.2. The van der Waals surface area contributed by atoms with Crippen molar-refractivity contribution in [2.45, 2.75) is 127 Å². The number of nitrogens with one attached hydrogen (secondary N) is 3. The Bertz CT molecular complexity index is 2530. The monoisotopic (exact) mass is 862 g/mol. The Morgan fingerprint density at radius 1 is 0.859 bits per heavy atom. The summed E-state index contributed by atoms with van der Waals surface area (Å²) in [5, 5.41) is 28.4. The summed E-state index contributed by atoms with van der Waals surface area (Å²) in [6, 6.07) is 15.7. The molecular weight excluding hydrogens is 805 g/mol. The van der Waals surface area contributed by atoms with Crippen LogP contribution in [0.2, 0.25) is 0 Å². The van der Waals surface area contributed by atoms with Crippen LogP contribution in [0.25, 0.3) is 28.0 Å². The number of pyridine rings is 1. The maximum Gasteiger partial charge on any atom is 0.249 e. The number of nitriles is 1. The minimum absolute atomic E-state index is 0.201. The predicted molar refractivity (Wildman–Crippen MR) is 243 cm³/mol. The lowest BCUT2D eigenvalue weighted by atomic mass is 9.74. The van der Waals surface area contributed by atoms with Gasteiger partial charge in [-0.1, -0.05) is 19.1 Å². The van der Waals surface area contributed by atoms with Crippen molar-refractivity contribution in [1.29, 1.82) is 5.26 Å². The molecular formula is C49H58N12O3. The fourth-order valence-electron chi connectivity index (χ4n) is 10.8. The topological polar surface area (TPSA) is 178 Å². The van der Waals surface area contributed by atoms with Crippen LogP contribution < -0.4 is 20.9 Å². The zero-order chi connectivity index (χ0) is 43.8. The van der Waals surface area contributed by atoms with E-state index in [2.05, 4.69) is 79.0 Å². The summed E-state index contributed by atoms with van der Waals surface area (Å²) >= 11 is 0. The summed E-state index contributed by atoms with van der Waals surface area (Å²) in [4.78, 5) is 52.0. The van der Waals surface area contributed by atoms with Crippen LogP contribution in [0.15, 0.2) is 67.4 Å². The van der Waals surface area contributed by atoms with E-state index in [-0.39, 0.29) is 29.2 Å². The molecule has 64 heavy (non-hydrogen) atoms. The Kier molecular flexibility index (Phi) is 11.6. The number of hydrogen-bond donors (Lipinski definition) is 3. The van der Waals surface area contributed by atoms with Crippen molar-refractivity contribution in [2.24, 2.45) is 5.41 Å². The zero-order valence-electron chi connectivity index (χ0n) is 36.7. The molecule has 0 spiro atoms. The van der Waals surface area contributed by atoms with E-state index in [1.807, 2.05) is 30.7 Å². The van der Waals surface area contributed by atoms with Gasteiger partial charge < -0.3 is 20.4 Å². The van der Waals surface area contributed by atoms with Gasteiger partial charge in [0.2, 0.25) is 17.7 Å². The molecule has 1 atom stereocenters.